The van der Waals surface area contributed by atoms with Crippen LogP contribution in [0.4, 0.5) is 0 Å². The maximum absolute atomic E-state index is 5.91. The molecule has 0 unspecified atom stereocenters. The van der Waals surface area contributed by atoms with Crippen molar-refractivity contribution < 1.29 is 9.47 Å². The summed E-state index contributed by atoms with van der Waals surface area (Å²) in [5.74, 6) is 1.77. The van der Waals surface area contributed by atoms with Crippen LogP contribution >= 0.6 is 31.9 Å². The van der Waals surface area contributed by atoms with E-state index in [-0.39, 0.29) is 0 Å². The summed E-state index contributed by atoms with van der Waals surface area (Å²) in [6.07, 6.45) is 1.95. The van der Waals surface area contributed by atoms with E-state index in [1.165, 1.54) is 22.3 Å². The van der Waals surface area contributed by atoms with Gasteiger partial charge in [-0.3, -0.25) is 0 Å². The zero-order chi connectivity index (χ0) is 25.0. The van der Waals surface area contributed by atoms with Crippen LogP contribution in [-0.2, 0) is 0 Å². The second kappa shape index (κ2) is 14.1. The van der Waals surface area contributed by atoms with Gasteiger partial charge < -0.3 is 9.47 Å². The predicted molar refractivity (Wildman–Crippen MR) is 159 cm³/mol. The van der Waals surface area contributed by atoms with E-state index < -0.39 is 0 Å². The Kier molecular flexibility index (Phi) is 10.2. The molecule has 0 atom stereocenters. The quantitative estimate of drug-likeness (QED) is 0.0911. The molecular formula is C32H30Br2O2. The molecule has 0 amide bonds. The minimum atomic E-state index is 0.700. The molecule has 0 fully saturated rings. The van der Waals surface area contributed by atoms with E-state index in [2.05, 4.69) is 141 Å². The molecule has 0 spiro atoms. The normalized spacial score (nSPS) is 11.6. The number of hydrogen-bond acceptors (Lipinski definition) is 2. The SMILES string of the molecule is BrCCCOc1ccc(C(=C(c2ccccc2)c2ccc(OCCCBr)cc2)c2ccccc2)cc1. The molecule has 2 nitrogen and oxygen atoms in total. The Morgan fingerprint density at radius 2 is 0.778 bits per heavy atom. The Hall–Kier alpha value is -2.82. The maximum atomic E-state index is 5.91. The Labute approximate surface area is 231 Å². The summed E-state index contributed by atoms with van der Waals surface area (Å²) >= 11 is 6.93. The molecule has 4 heteroatoms. The minimum absolute atomic E-state index is 0.700. The molecule has 4 aromatic carbocycles. The van der Waals surface area contributed by atoms with Crippen LogP contribution < -0.4 is 9.47 Å². The molecule has 0 aliphatic heterocycles. The van der Waals surface area contributed by atoms with Gasteiger partial charge in [-0.05, 0) is 70.5 Å². The van der Waals surface area contributed by atoms with Crippen molar-refractivity contribution >= 4 is 43.0 Å². The van der Waals surface area contributed by atoms with Crippen molar-refractivity contribution in [3.8, 4) is 11.5 Å². The van der Waals surface area contributed by atoms with Crippen LogP contribution in [0.3, 0.4) is 0 Å². The first-order valence-corrected chi connectivity index (χ1v) is 14.5. The molecule has 4 aromatic rings. The molecule has 184 valence electrons. The number of benzene rings is 4. The number of rotatable bonds is 12. The smallest absolute Gasteiger partial charge is 0.119 e. The molecular weight excluding hydrogens is 576 g/mol. The summed E-state index contributed by atoms with van der Waals surface area (Å²) in [6, 6.07) is 38.1. The van der Waals surface area contributed by atoms with Crippen molar-refractivity contribution in [2.24, 2.45) is 0 Å². The van der Waals surface area contributed by atoms with E-state index in [4.69, 9.17) is 9.47 Å². The third kappa shape index (κ3) is 7.11. The van der Waals surface area contributed by atoms with Crippen molar-refractivity contribution in [1.29, 1.82) is 0 Å². The Morgan fingerprint density at radius 1 is 0.444 bits per heavy atom. The molecule has 0 radical (unpaired) electrons. The molecule has 0 aromatic heterocycles. The average Bonchev–Trinajstić information content (AvgIpc) is 2.94. The lowest BCUT2D eigenvalue weighted by molar-refractivity contribution is 0.319. The highest BCUT2D eigenvalue weighted by molar-refractivity contribution is 9.09. The highest BCUT2D eigenvalue weighted by Crippen LogP contribution is 2.37. The van der Waals surface area contributed by atoms with Gasteiger partial charge in [0.25, 0.3) is 0 Å². The number of alkyl halides is 2. The second-order valence-corrected chi connectivity index (χ2v) is 9.90. The van der Waals surface area contributed by atoms with Crippen LogP contribution in [0.5, 0.6) is 11.5 Å². The Bertz CT molecular complexity index is 1120. The molecule has 0 bridgehead atoms. The molecule has 0 saturated carbocycles. The van der Waals surface area contributed by atoms with Gasteiger partial charge in [-0.2, -0.15) is 0 Å². The summed E-state index contributed by atoms with van der Waals surface area (Å²) < 4.78 is 11.8. The first-order valence-electron chi connectivity index (χ1n) is 12.2. The van der Waals surface area contributed by atoms with Gasteiger partial charge in [0.1, 0.15) is 11.5 Å². The van der Waals surface area contributed by atoms with E-state index in [1.54, 1.807) is 0 Å². The van der Waals surface area contributed by atoms with E-state index in [0.717, 1.165) is 46.1 Å². The summed E-state index contributed by atoms with van der Waals surface area (Å²) in [5.41, 5.74) is 6.99. The monoisotopic (exact) mass is 604 g/mol. The zero-order valence-corrected chi connectivity index (χ0v) is 23.4. The molecule has 0 aliphatic rings. The third-order valence-electron chi connectivity index (χ3n) is 5.75. The standard InChI is InChI=1S/C32H30Br2O2/c33-21-7-23-35-29-17-13-27(14-18-29)31(25-9-3-1-4-10-25)32(26-11-5-2-6-12-26)28-15-19-30(20-16-28)36-24-8-22-34/h1-6,9-20H,7-8,21-24H2. The predicted octanol–water partition coefficient (Wildman–Crippen LogP) is 9.02. The summed E-state index contributed by atoms with van der Waals surface area (Å²) in [7, 11) is 0. The van der Waals surface area contributed by atoms with Crippen molar-refractivity contribution in [3.05, 3.63) is 131 Å². The largest absolute Gasteiger partial charge is 0.494 e. The van der Waals surface area contributed by atoms with Gasteiger partial charge in [-0.1, -0.05) is 117 Å². The van der Waals surface area contributed by atoms with Crippen LogP contribution in [0.2, 0.25) is 0 Å². The fourth-order valence-corrected chi connectivity index (χ4v) is 4.50. The van der Waals surface area contributed by atoms with Gasteiger partial charge in [-0.15, -0.1) is 0 Å². The van der Waals surface area contributed by atoms with E-state index >= 15 is 0 Å². The van der Waals surface area contributed by atoms with Crippen LogP contribution in [0.15, 0.2) is 109 Å². The van der Waals surface area contributed by atoms with E-state index in [9.17, 15) is 0 Å². The zero-order valence-electron chi connectivity index (χ0n) is 20.2. The van der Waals surface area contributed by atoms with Crippen LogP contribution in [0, 0.1) is 0 Å². The number of ether oxygens (including phenoxy) is 2. The van der Waals surface area contributed by atoms with Crippen molar-refractivity contribution in [1.82, 2.24) is 0 Å². The summed E-state index contributed by atoms with van der Waals surface area (Å²) in [5, 5.41) is 1.87. The van der Waals surface area contributed by atoms with Crippen molar-refractivity contribution in [3.63, 3.8) is 0 Å². The van der Waals surface area contributed by atoms with Gasteiger partial charge in [0.15, 0.2) is 0 Å². The Balaban J connectivity index is 1.82. The lowest BCUT2D eigenvalue weighted by Crippen LogP contribution is -2.00. The number of hydrogen-bond donors (Lipinski definition) is 0. The maximum Gasteiger partial charge on any atom is 0.119 e. The summed E-state index contributed by atoms with van der Waals surface area (Å²) in [4.78, 5) is 0. The minimum Gasteiger partial charge on any atom is -0.494 e. The highest BCUT2D eigenvalue weighted by atomic mass is 79.9. The van der Waals surface area contributed by atoms with E-state index in [0.29, 0.717) is 13.2 Å². The van der Waals surface area contributed by atoms with E-state index in [1.807, 2.05) is 0 Å². The number of halogens is 2. The average molecular weight is 606 g/mol. The topological polar surface area (TPSA) is 18.5 Å². The third-order valence-corrected chi connectivity index (χ3v) is 6.88. The fourth-order valence-electron chi connectivity index (χ4n) is 4.05. The fraction of sp³-hybridized carbons (Fsp3) is 0.188. The van der Waals surface area contributed by atoms with Gasteiger partial charge in [-0.25, -0.2) is 0 Å². The van der Waals surface area contributed by atoms with Gasteiger partial charge in [0, 0.05) is 10.7 Å². The molecule has 0 heterocycles. The van der Waals surface area contributed by atoms with Gasteiger partial charge >= 0.3 is 0 Å². The van der Waals surface area contributed by atoms with Crippen molar-refractivity contribution in [2.75, 3.05) is 23.9 Å². The molecule has 0 aliphatic carbocycles. The molecule has 36 heavy (non-hydrogen) atoms. The van der Waals surface area contributed by atoms with Gasteiger partial charge in [0.2, 0.25) is 0 Å². The lowest BCUT2D eigenvalue weighted by Gasteiger charge is -2.19. The van der Waals surface area contributed by atoms with Gasteiger partial charge in [0.05, 0.1) is 13.2 Å². The van der Waals surface area contributed by atoms with Crippen LogP contribution in [0.1, 0.15) is 35.1 Å². The second-order valence-electron chi connectivity index (χ2n) is 8.31. The molecule has 0 N–H and O–H groups in total. The first-order chi connectivity index (χ1) is 17.8. The summed E-state index contributed by atoms with van der Waals surface area (Å²) in [6.45, 7) is 1.40. The van der Waals surface area contributed by atoms with Crippen molar-refractivity contribution in [2.45, 2.75) is 12.8 Å². The van der Waals surface area contributed by atoms with Crippen LogP contribution in [-0.4, -0.2) is 23.9 Å². The lowest BCUT2D eigenvalue weighted by atomic mass is 9.86. The molecule has 0 saturated heterocycles. The molecule has 4 rings (SSSR count). The Morgan fingerprint density at radius 3 is 1.11 bits per heavy atom. The van der Waals surface area contributed by atoms with Crippen LogP contribution in [0.25, 0.3) is 11.1 Å². The first kappa shape index (κ1) is 26.2. The highest BCUT2D eigenvalue weighted by Gasteiger charge is 2.16.